The number of carboxylic acid groups (broad SMARTS) is 1. The van der Waals surface area contributed by atoms with Crippen molar-refractivity contribution in [2.45, 2.75) is 75.9 Å². The summed E-state index contributed by atoms with van der Waals surface area (Å²) in [4.78, 5) is 22.3. The molecule has 0 saturated carbocycles. The van der Waals surface area contributed by atoms with Crippen LogP contribution in [0, 0.1) is 0 Å². The molecule has 12 heteroatoms. The Kier molecular flexibility index (Phi) is 21.3. The maximum atomic E-state index is 11.5. The first-order valence-electron chi connectivity index (χ1n) is 12.0. The van der Waals surface area contributed by atoms with Crippen LogP contribution in [0.25, 0.3) is 0 Å². The van der Waals surface area contributed by atoms with Crippen molar-refractivity contribution < 1.29 is 51.7 Å². The lowest BCUT2D eigenvalue weighted by atomic mass is 10.1. The second kappa shape index (κ2) is 22.2. The molecule has 34 heavy (non-hydrogen) atoms. The van der Waals surface area contributed by atoms with E-state index in [9.17, 15) is 18.0 Å². The molecule has 0 amide bonds. The van der Waals surface area contributed by atoms with E-state index in [0.29, 0.717) is 39.5 Å². The van der Waals surface area contributed by atoms with Gasteiger partial charge in [-0.2, -0.15) is 8.42 Å². The van der Waals surface area contributed by atoms with Crippen molar-refractivity contribution in [2.24, 2.45) is 0 Å². The average molecular weight is 515 g/mol. The third kappa shape index (κ3) is 21.2. The lowest BCUT2D eigenvalue weighted by molar-refractivity contribution is -0.147. The molecule has 1 unspecified atom stereocenters. The van der Waals surface area contributed by atoms with Gasteiger partial charge in [0.05, 0.1) is 52.7 Å². The Hall–Kier alpha value is -1.31. The first-order valence-corrected chi connectivity index (χ1v) is 13.5. The lowest BCUT2D eigenvalue weighted by Crippen LogP contribution is -2.32. The molecule has 0 aliphatic heterocycles. The molecule has 0 spiro atoms. The van der Waals surface area contributed by atoms with E-state index < -0.39 is 33.7 Å². The van der Waals surface area contributed by atoms with E-state index in [0.717, 1.165) is 45.1 Å². The number of hydrogen-bond acceptors (Lipinski definition) is 9. The first-order chi connectivity index (χ1) is 16.3. The molecule has 202 valence electrons. The van der Waals surface area contributed by atoms with E-state index in [1.165, 1.54) is 19.3 Å². The van der Waals surface area contributed by atoms with Crippen LogP contribution in [0.5, 0.6) is 0 Å². The summed E-state index contributed by atoms with van der Waals surface area (Å²) in [5, 5.41) is 15.1. The number of carboxylic acids is 1. The molecule has 0 radical (unpaired) electrons. The molecule has 0 bridgehead atoms. The fraction of sp³-hybridized carbons (Fsp3) is 0.909. The number of hydrogen-bond donors (Lipinski definition) is 3. The van der Waals surface area contributed by atoms with Gasteiger partial charge in [-0.1, -0.05) is 51.4 Å². The number of ether oxygens (including phenoxy) is 4. The minimum absolute atomic E-state index is 0.0244. The van der Waals surface area contributed by atoms with Crippen LogP contribution in [-0.4, -0.2) is 93.2 Å². The Balaban J connectivity index is 3.34. The molecule has 0 fully saturated rings. The van der Waals surface area contributed by atoms with E-state index in [1.807, 2.05) is 0 Å². The molecule has 11 nitrogen and oxygen atoms in total. The fourth-order valence-corrected chi connectivity index (χ4v) is 3.64. The summed E-state index contributed by atoms with van der Waals surface area (Å²) in [6.07, 6.45) is 9.54. The zero-order valence-corrected chi connectivity index (χ0v) is 20.8. The average Bonchev–Trinajstić information content (AvgIpc) is 2.77. The van der Waals surface area contributed by atoms with Crippen LogP contribution in [0.2, 0.25) is 0 Å². The van der Waals surface area contributed by atoms with Gasteiger partial charge in [-0.3, -0.25) is 14.1 Å². The predicted molar refractivity (Wildman–Crippen MR) is 124 cm³/mol. The highest BCUT2D eigenvalue weighted by atomic mass is 32.2. The predicted octanol–water partition coefficient (Wildman–Crippen LogP) is 2.20. The molecule has 0 aliphatic carbocycles. The zero-order chi connectivity index (χ0) is 25.5. The molecule has 0 aromatic heterocycles. The van der Waals surface area contributed by atoms with Crippen molar-refractivity contribution in [3.05, 3.63) is 0 Å². The monoisotopic (exact) mass is 514 g/mol. The highest BCUT2D eigenvalue weighted by molar-refractivity contribution is 7.87. The summed E-state index contributed by atoms with van der Waals surface area (Å²) in [5.41, 5.74) is 0. The van der Waals surface area contributed by atoms with Gasteiger partial charge in [0.1, 0.15) is 0 Å². The standard InChI is InChI=1S/C22H42O11S/c23-11-14-31-16-18-32-17-15-30-12-9-7-5-3-1-2-4-6-8-10-13-33-21(24)19-20(22(25)26)34(27,28)29/h20,23H,1-19H2,(H,25,26)(H,27,28,29). The minimum Gasteiger partial charge on any atom is -0.480 e. The fourth-order valence-electron chi connectivity index (χ4n) is 3.04. The van der Waals surface area contributed by atoms with E-state index >= 15 is 0 Å². The Morgan fingerprint density at radius 3 is 1.50 bits per heavy atom. The van der Waals surface area contributed by atoms with Crippen LogP contribution in [0.3, 0.4) is 0 Å². The first kappa shape index (κ1) is 32.7. The van der Waals surface area contributed by atoms with E-state index in [-0.39, 0.29) is 13.2 Å². The number of carbonyl (C=O) groups is 2. The summed E-state index contributed by atoms with van der Waals surface area (Å²) in [6.45, 7) is 3.31. The maximum absolute atomic E-state index is 11.5. The summed E-state index contributed by atoms with van der Waals surface area (Å²) in [5.74, 6) is -2.74. The van der Waals surface area contributed by atoms with Crippen molar-refractivity contribution in [3.63, 3.8) is 0 Å². The van der Waals surface area contributed by atoms with Gasteiger partial charge >= 0.3 is 11.9 Å². The molecule has 0 rings (SSSR count). The molecule has 0 aliphatic rings. The number of aliphatic carboxylic acids is 1. The molecular formula is C22H42O11S. The maximum Gasteiger partial charge on any atom is 0.325 e. The van der Waals surface area contributed by atoms with Crippen molar-refractivity contribution in [1.82, 2.24) is 0 Å². The van der Waals surface area contributed by atoms with Gasteiger partial charge in [-0.05, 0) is 12.8 Å². The number of carbonyl (C=O) groups excluding carboxylic acids is 1. The molecular weight excluding hydrogens is 472 g/mol. The Labute approximate surface area is 202 Å². The van der Waals surface area contributed by atoms with Crippen LogP contribution >= 0.6 is 0 Å². The smallest absolute Gasteiger partial charge is 0.325 e. The second-order valence-electron chi connectivity index (χ2n) is 7.86. The van der Waals surface area contributed by atoms with Crippen LogP contribution in [-0.2, 0) is 38.7 Å². The summed E-state index contributed by atoms with van der Waals surface area (Å²) in [6, 6.07) is 0. The van der Waals surface area contributed by atoms with Crippen molar-refractivity contribution in [1.29, 1.82) is 0 Å². The third-order valence-electron chi connectivity index (χ3n) is 4.91. The molecule has 3 N–H and O–H groups in total. The number of aliphatic hydroxyl groups is 1. The summed E-state index contributed by atoms with van der Waals surface area (Å²) < 4.78 is 51.4. The topological polar surface area (TPSA) is 166 Å². The van der Waals surface area contributed by atoms with Gasteiger partial charge in [0.2, 0.25) is 0 Å². The van der Waals surface area contributed by atoms with Gasteiger partial charge in [0.25, 0.3) is 10.1 Å². The summed E-state index contributed by atoms with van der Waals surface area (Å²) in [7, 11) is -4.84. The SMILES string of the molecule is O=C(CC(C(=O)O)S(=O)(=O)O)OCCCCCCCCCCCCOCCOCCOCCO. The normalized spacial score (nSPS) is 12.5. The number of rotatable bonds is 25. The van der Waals surface area contributed by atoms with Gasteiger partial charge in [0, 0.05) is 6.61 Å². The Morgan fingerprint density at radius 2 is 1.06 bits per heavy atom. The molecule has 1 atom stereocenters. The quantitative estimate of drug-likeness (QED) is 0.0928. The minimum atomic E-state index is -4.84. The number of unbranched alkanes of at least 4 members (excludes halogenated alkanes) is 9. The van der Waals surface area contributed by atoms with Crippen molar-refractivity contribution in [2.75, 3.05) is 52.9 Å². The molecule has 0 aromatic carbocycles. The van der Waals surface area contributed by atoms with E-state index in [1.54, 1.807) is 0 Å². The van der Waals surface area contributed by atoms with Crippen molar-refractivity contribution >= 4 is 22.1 Å². The largest absolute Gasteiger partial charge is 0.480 e. The Morgan fingerprint density at radius 1 is 0.647 bits per heavy atom. The third-order valence-corrected chi connectivity index (χ3v) is 6.00. The molecule has 0 aromatic rings. The van der Waals surface area contributed by atoms with Crippen molar-refractivity contribution in [3.8, 4) is 0 Å². The van der Waals surface area contributed by atoms with Crippen LogP contribution in [0.4, 0.5) is 0 Å². The molecule has 0 heterocycles. The van der Waals surface area contributed by atoms with Crippen LogP contribution in [0.1, 0.15) is 70.6 Å². The zero-order valence-electron chi connectivity index (χ0n) is 20.0. The molecule has 0 saturated heterocycles. The highest BCUT2D eigenvalue weighted by Gasteiger charge is 2.33. The van der Waals surface area contributed by atoms with Crippen LogP contribution < -0.4 is 0 Å². The van der Waals surface area contributed by atoms with Gasteiger partial charge in [-0.25, -0.2) is 0 Å². The number of aliphatic hydroxyl groups excluding tert-OH is 1. The lowest BCUT2D eigenvalue weighted by Gasteiger charge is -2.09. The Bertz CT molecular complexity index is 610. The summed E-state index contributed by atoms with van der Waals surface area (Å²) >= 11 is 0. The number of esters is 1. The van der Waals surface area contributed by atoms with E-state index in [4.69, 9.17) is 33.7 Å². The van der Waals surface area contributed by atoms with Gasteiger partial charge in [-0.15, -0.1) is 0 Å². The van der Waals surface area contributed by atoms with Crippen LogP contribution in [0.15, 0.2) is 0 Å². The van der Waals surface area contributed by atoms with E-state index in [2.05, 4.69) is 0 Å². The second-order valence-corrected chi connectivity index (χ2v) is 9.46. The van der Waals surface area contributed by atoms with Gasteiger partial charge < -0.3 is 29.2 Å². The highest BCUT2D eigenvalue weighted by Crippen LogP contribution is 2.11. The van der Waals surface area contributed by atoms with Gasteiger partial charge in [0.15, 0.2) is 5.25 Å².